The average molecular weight is 539 g/mol. The zero-order chi connectivity index (χ0) is 28.4. The van der Waals surface area contributed by atoms with Crippen LogP contribution in [0.15, 0.2) is 54.6 Å². The van der Waals surface area contributed by atoms with Gasteiger partial charge in [0.05, 0.1) is 10.9 Å². The Labute approximate surface area is 235 Å². The Morgan fingerprint density at radius 3 is 2.67 bits per heavy atom. The molecule has 6 rings (SSSR count). The van der Waals surface area contributed by atoms with Crippen molar-refractivity contribution in [1.29, 1.82) is 0 Å². The van der Waals surface area contributed by atoms with E-state index in [-0.39, 0.29) is 17.6 Å². The first-order chi connectivity index (χ1) is 19.0. The molecule has 4 aromatic rings. The van der Waals surface area contributed by atoms with Crippen molar-refractivity contribution in [3.05, 3.63) is 88.0 Å². The predicted molar refractivity (Wildman–Crippen MR) is 156 cm³/mol. The topological polar surface area (TPSA) is 80.5 Å². The fourth-order valence-corrected chi connectivity index (χ4v) is 6.88. The molecule has 7 nitrogen and oxygen atoms in total. The zero-order valence-electron chi connectivity index (χ0n) is 24.2. The molecule has 2 aliphatic rings. The molecule has 1 N–H and O–H groups in total. The summed E-state index contributed by atoms with van der Waals surface area (Å²) >= 11 is 0. The van der Waals surface area contributed by atoms with Crippen LogP contribution in [-0.4, -0.2) is 43.1 Å². The summed E-state index contributed by atoms with van der Waals surface area (Å²) in [5, 5.41) is 19.0. The van der Waals surface area contributed by atoms with E-state index < -0.39 is 11.4 Å². The van der Waals surface area contributed by atoms with Crippen LogP contribution in [-0.2, 0) is 24.8 Å². The summed E-state index contributed by atoms with van der Waals surface area (Å²) in [7, 11) is 1.88. The number of aromatic nitrogens is 3. The van der Waals surface area contributed by atoms with Crippen LogP contribution in [0.25, 0.3) is 11.0 Å². The highest BCUT2D eigenvalue weighted by Crippen LogP contribution is 2.47. The van der Waals surface area contributed by atoms with E-state index in [1.807, 2.05) is 40.0 Å². The molecule has 1 aromatic heterocycles. The molecule has 2 atom stereocenters. The Balaban J connectivity index is 1.45. The smallest absolute Gasteiger partial charge is 0.310 e. The van der Waals surface area contributed by atoms with E-state index in [4.69, 9.17) is 4.74 Å². The first-order valence-corrected chi connectivity index (χ1v) is 14.1. The van der Waals surface area contributed by atoms with E-state index >= 15 is 0 Å². The minimum atomic E-state index is -1.04. The highest BCUT2D eigenvalue weighted by atomic mass is 16.5. The van der Waals surface area contributed by atoms with E-state index in [2.05, 4.69) is 71.5 Å². The van der Waals surface area contributed by atoms with Crippen LogP contribution in [0.4, 0.5) is 0 Å². The number of hydrogen-bond acceptors (Lipinski definition) is 5. The van der Waals surface area contributed by atoms with E-state index in [1.165, 1.54) is 16.7 Å². The van der Waals surface area contributed by atoms with Crippen LogP contribution < -0.4 is 4.74 Å². The lowest BCUT2D eigenvalue weighted by atomic mass is 9.69. The predicted octanol–water partition coefficient (Wildman–Crippen LogP) is 6.18. The number of carbonyl (C=O) groups is 1. The molecule has 0 bridgehead atoms. The van der Waals surface area contributed by atoms with Gasteiger partial charge >= 0.3 is 5.97 Å². The Morgan fingerprint density at radius 1 is 1.12 bits per heavy atom. The molecule has 1 aliphatic heterocycles. The molecule has 208 valence electrons. The largest absolute Gasteiger partial charge is 0.486 e. The monoisotopic (exact) mass is 538 g/mol. The van der Waals surface area contributed by atoms with Gasteiger partial charge in [0.25, 0.3) is 0 Å². The van der Waals surface area contributed by atoms with Gasteiger partial charge in [-0.25, -0.2) is 4.68 Å². The Kier molecular flexibility index (Phi) is 6.26. The van der Waals surface area contributed by atoms with Crippen molar-refractivity contribution in [1.82, 2.24) is 19.9 Å². The molecular formula is C33H38N4O3. The molecule has 1 aliphatic carbocycles. The number of hydrogen-bond donors (Lipinski definition) is 1. The number of para-hydroxylation sites is 1. The number of benzene rings is 3. The van der Waals surface area contributed by atoms with Crippen LogP contribution in [0.3, 0.4) is 0 Å². The number of carboxylic acids is 1. The van der Waals surface area contributed by atoms with Crippen LogP contribution in [0.2, 0.25) is 0 Å². The normalized spacial score (nSPS) is 19.5. The lowest BCUT2D eigenvalue weighted by Crippen LogP contribution is -2.41. The SMILES string of the molecule is Cc1c(C(c2ccc3c(c2)C(N2Cc4ccccc4OC(C)(C)C2)CC3)C(C)(C)C(=O)O)ccc2c1nnn2C. The van der Waals surface area contributed by atoms with Crippen LogP contribution >= 0.6 is 0 Å². The molecule has 0 spiro atoms. The number of rotatable bonds is 5. The summed E-state index contributed by atoms with van der Waals surface area (Å²) in [5.41, 5.74) is 7.22. The maximum atomic E-state index is 12.7. The van der Waals surface area contributed by atoms with Crippen LogP contribution in [0.1, 0.15) is 79.5 Å². The van der Waals surface area contributed by atoms with Gasteiger partial charge in [-0.05, 0) is 87.4 Å². The molecule has 2 heterocycles. The molecular weight excluding hydrogens is 500 g/mol. The summed E-state index contributed by atoms with van der Waals surface area (Å²) in [6.07, 6.45) is 2.05. The summed E-state index contributed by atoms with van der Waals surface area (Å²) in [6.45, 7) is 11.6. The Morgan fingerprint density at radius 2 is 1.90 bits per heavy atom. The Bertz CT molecular complexity index is 1620. The van der Waals surface area contributed by atoms with Gasteiger partial charge in [-0.3, -0.25) is 9.69 Å². The Hall–Kier alpha value is -3.71. The second-order valence-corrected chi connectivity index (χ2v) is 12.7. The summed E-state index contributed by atoms with van der Waals surface area (Å²) in [4.78, 5) is 15.3. The number of aliphatic carboxylic acids is 1. The number of fused-ring (bicyclic) bond motifs is 3. The molecule has 2 unspecified atom stereocenters. The molecule has 0 fully saturated rings. The van der Waals surface area contributed by atoms with Gasteiger partial charge in [0.2, 0.25) is 0 Å². The van der Waals surface area contributed by atoms with E-state index in [1.54, 1.807) is 4.68 Å². The molecule has 0 radical (unpaired) electrons. The van der Waals surface area contributed by atoms with Gasteiger partial charge in [0.15, 0.2) is 0 Å². The molecule has 7 heteroatoms. The summed E-state index contributed by atoms with van der Waals surface area (Å²) < 4.78 is 8.20. The number of carboxylic acid groups (broad SMARTS) is 1. The molecule has 0 saturated heterocycles. The zero-order valence-corrected chi connectivity index (χ0v) is 24.2. The first kappa shape index (κ1) is 26.5. The van der Waals surface area contributed by atoms with Crippen molar-refractivity contribution >= 4 is 17.0 Å². The maximum Gasteiger partial charge on any atom is 0.310 e. The second kappa shape index (κ2) is 9.44. The van der Waals surface area contributed by atoms with Gasteiger partial charge in [-0.15, -0.1) is 5.10 Å². The van der Waals surface area contributed by atoms with E-state index in [0.29, 0.717) is 0 Å². The van der Waals surface area contributed by atoms with Gasteiger partial charge in [0, 0.05) is 37.7 Å². The van der Waals surface area contributed by atoms with Crippen LogP contribution in [0, 0.1) is 12.3 Å². The minimum Gasteiger partial charge on any atom is -0.486 e. The molecule has 3 aromatic carbocycles. The highest BCUT2D eigenvalue weighted by Gasteiger charge is 2.42. The summed E-state index contributed by atoms with van der Waals surface area (Å²) in [6, 6.07) is 19.3. The van der Waals surface area contributed by atoms with E-state index in [0.717, 1.165) is 59.4 Å². The lowest BCUT2D eigenvalue weighted by Gasteiger charge is -2.35. The van der Waals surface area contributed by atoms with Crippen LogP contribution in [0.5, 0.6) is 5.75 Å². The van der Waals surface area contributed by atoms with Gasteiger partial charge in [0.1, 0.15) is 16.9 Å². The minimum absolute atomic E-state index is 0.237. The first-order valence-electron chi connectivity index (χ1n) is 14.1. The fraction of sp³-hybridized carbons (Fsp3) is 0.424. The third kappa shape index (κ3) is 4.37. The quantitative estimate of drug-likeness (QED) is 0.327. The maximum absolute atomic E-state index is 12.7. The third-order valence-corrected chi connectivity index (χ3v) is 8.97. The lowest BCUT2D eigenvalue weighted by molar-refractivity contribution is -0.147. The van der Waals surface area contributed by atoms with Gasteiger partial charge in [-0.2, -0.15) is 0 Å². The fourth-order valence-electron chi connectivity index (χ4n) is 6.88. The van der Waals surface area contributed by atoms with Crippen molar-refractivity contribution in [2.45, 2.75) is 71.6 Å². The van der Waals surface area contributed by atoms with Gasteiger partial charge in [-0.1, -0.05) is 47.7 Å². The summed E-state index contributed by atoms with van der Waals surface area (Å²) in [5.74, 6) is -0.219. The molecule has 0 amide bonds. The molecule has 40 heavy (non-hydrogen) atoms. The van der Waals surface area contributed by atoms with E-state index in [9.17, 15) is 9.90 Å². The molecule has 0 saturated carbocycles. The number of aryl methyl sites for hydroxylation is 3. The second-order valence-electron chi connectivity index (χ2n) is 12.7. The van der Waals surface area contributed by atoms with Crippen molar-refractivity contribution in [2.24, 2.45) is 12.5 Å². The van der Waals surface area contributed by atoms with Crippen molar-refractivity contribution in [3.63, 3.8) is 0 Å². The van der Waals surface area contributed by atoms with Crippen molar-refractivity contribution in [2.75, 3.05) is 6.54 Å². The third-order valence-electron chi connectivity index (χ3n) is 8.97. The van der Waals surface area contributed by atoms with Crippen molar-refractivity contribution in [3.8, 4) is 5.75 Å². The highest BCUT2D eigenvalue weighted by molar-refractivity contribution is 5.81. The number of nitrogens with zero attached hydrogens (tertiary/aromatic N) is 4. The number of ether oxygens (including phenoxy) is 1. The standard InChI is InChI=1S/C33H38N4O3/c1-20-24(14-16-27-30(20)34-35-36(27)6)29(33(4,5)31(38)39)22-12-11-21-13-15-26(25(21)17-22)37-18-23-9-7-8-10-28(23)40-32(2,3)19-37/h7-12,14,16-17,26,29H,13,15,18-19H2,1-6H3,(H,38,39). The average Bonchev–Trinajstić information content (AvgIpc) is 3.45. The van der Waals surface area contributed by atoms with Crippen molar-refractivity contribution < 1.29 is 14.6 Å². The van der Waals surface area contributed by atoms with Gasteiger partial charge < -0.3 is 9.84 Å².